The Morgan fingerprint density at radius 2 is 1.83 bits per heavy atom. The average molecular weight is 398 g/mol. The van der Waals surface area contributed by atoms with Crippen molar-refractivity contribution in [2.24, 2.45) is 5.92 Å². The highest BCUT2D eigenvalue weighted by Gasteiger charge is 2.18. The van der Waals surface area contributed by atoms with E-state index in [0.717, 1.165) is 22.5 Å². The first-order chi connectivity index (χ1) is 14.8. The molecule has 1 aliphatic rings. The number of carbonyl (C=O) groups is 1. The number of fused-ring (bicyclic) bond motifs is 1. The Labute approximate surface area is 174 Å². The van der Waals surface area contributed by atoms with E-state index in [9.17, 15) is 4.79 Å². The van der Waals surface area contributed by atoms with Gasteiger partial charge in [-0.2, -0.15) is 9.61 Å². The first kappa shape index (κ1) is 18.4. The summed E-state index contributed by atoms with van der Waals surface area (Å²) in [5, 5.41) is 16.2. The highest BCUT2D eigenvalue weighted by atomic mass is 16.1. The largest absolute Gasteiger partial charge is 0.326 e. The van der Waals surface area contributed by atoms with Crippen LogP contribution in [0.15, 0.2) is 60.9 Å². The maximum Gasteiger partial charge on any atom is 0.224 e. The molecule has 1 N–H and O–H groups in total. The van der Waals surface area contributed by atoms with E-state index in [1.165, 1.54) is 25.7 Å². The number of amides is 1. The van der Waals surface area contributed by atoms with Crippen LogP contribution in [0.3, 0.4) is 0 Å². The predicted octanol–water partition coefficient (Wildman–Crippen LogP) is 4.37. The molecule has 1 fully saturated rings. The number of anilines is 1. The summed E-state index contributed by atoms with van der Waals surface area (Å²) in [5.74, 6) is 1.29. The fourth-order valence-electron chi connectivity index (χ4n) is 4.03. The van der Waals surface area contributed by atoms with E-state index in [0.29, 0.717) is 23.8 Å². The second-order valence-electron chi connectivity index (χ2n) is 7.73. The zero-order chi connectivity index (χ0) is 20.3. The van der Waals surface area contributed by atoms with Crippen molar-refractivity contribution in [2.45, 2.75) is 32.1 Å². The quantitative estimate of drug-likeness (QED) is 0.539. The van der Waals surface area contributed by atoms with Gasteiger partial charge in [-0.05, 0) is 55.2 Å². The SMILES string of the molecule is O=C(CC1CCCC1)Nc1ccc(-c2ccc3nnc(-c4cccnc4)n3n2)cc1. The molecule has 1 saturated carbocycles. The van der Waals surface area contributed by atoms with Crippen LogP contribution in [0.2, 0.25) is 0 Å². The topological polar surface area (TPSA) is 85.1 Å². The van der Waals surface area contributed by atoms with Crippen LogP contribution >= 0.6 is 0 Å². The molecule has 5 rings (SSSR count). The molecule has 0 aliphatic heterocycles. The summed E-state index contributed by atoms with van der Waals surface area (Å²) in [5.41, 5.74) is 4.10. The summed E-state index contributed by atoms with van der Waals surface area (Å²) in [6.45, 7) is 0. The Balaban J connectivity index is 1.35. The monoisotopic (exact) mass is 398 g/mol. The van der Waals surface area contributed by atoms with E-state index in [4.69, 9.17) is 5.10 Å². The van der Waals surface area contributed by atoms with Crippen molar-refractivity contribution in [3.63, 3.8) is 0 Å². The number of aromatic nitrogens is 5. The van der Waals surface area contributed by atoms with Gasteiger partial charge in [0.2, 0.25) is 5.91 Å². The summed E-state index contributed by atoms with van der Waals surface area (Å²) < 4.78 is 1.73. The van der Waals surface area contributed by atoms with E-state index in [1.54, 1.807) is 16.9 Å². The fraction of sp³-hybridized carbons (Fsp3) is 0.261. The van der Waals surface area contributed by atoms with Gasteiger partial charge in [-0.15, -0.1) is 10.2 Å². The lowest BCUT2D eigenvalue weighted by molar-refractivity contribution is -0.117. The second-order valence-corrected chi connectivity index (χ2v) is 7.73. The van der Waals surface area contributed by atoms with Crippen LogP contribution in [-0.2, 0) is 4.79 Å². The van der Waals surface area contributed by atoms with Gasteiger partial charge in [-0.25, -0.2) is 0 Å². The molecule has 0 atom stereocenters. The molecule has 1 aliphatic carbocycles. The van der Waals surface area contributed by atoms with Crippen LogP contribution < -0.4 is 5.32 Å². The number of nitrogens with zero attached hydrogens (tertiary/aromatic N) is 5. The highest BCUT2D eigenvalue weighted by Crippen LogP contribution is 2.28. The Morgan fingerprint density at radius 3 is 2.60 bits per heavy atom. The Kier molecular flexibility index (Phi) is 4.93. The van der Waals surface area contributed by atoms with Crippen molar-refractivity contribution < 1.29 is 4.79 Å². The molecular weight excluding hydrogens is 376 g/mol. The predicted molar refractivity (Wildman–Crippen MR) is 115 cm³/mol. The minimum atomic E-state index is 0.0970. The maximum atomic E-state index is 12.3. The van der Waals surface area contributed by atoms with Crippen molar-refractivity contribution in [2.75, 3.05) is 5.32 Å². The third-order valence-electron chi connectivity index (χ3n) is 5.60. The standard InChI is InChI=1S/C23H22N6O/c30-22(14-16-4-1-2-5-16)25-19-9-7-17(8-10-19)20-11-12-21-26-27-23(29(21)28-20)18-6-3-13-24-15-18/h3,6-13,15-16H,1-2,4-5,14H2,(H,25,30). The Morgan fingerprint density at radius 1 is 1.00 bits per heavy atom. The van der Waals surface area contributed by atoms with Gasteiger partial charge in [0.1, 0.15) is 0 Å². The Hall–Kier alpha value is -3.61. The zero-order valence-corrected chi connectivity index (χ0v) is 16.5. The normalized spacial score (nSPS) is 14.3. The molecule has 0 unspecified atom stereocenters. The van der Waals surface area contributed by atoms with Gasteiger partial charge < -0.3 is 5.32 Å². The van der Waals surface area contributed by atoms with Crippen LogP contribution in [0.4, 0.5) is 5.69 Å². The van der Waals surface area contributed by atoms with Crippen molar-refractivity contribution in [1.29, 1.82) is 0 Å². The lowest BCUT2D eigenvalue weighted by atomic mass is 10.0. The van der Waals surface area contributed by atoms with Gasteiger partial charge in [-0.3, -0.25) is 9.78 Å². The third-order valence-corrected chi connectivity index (χ3v) is 5.60. The summed E-state index contributed by atoms with van der Waals surface area (Å²) in [7, 11) is 0. The van der Waals surface area contributed by atoms with Crippen LogP contribution in [0.1, 0.15) is 32.1 Å². The first-order valence-electron chi connectivity index (χ1n) is 10.3. The lowest BCUT2D eigenvalue weighted by Crippen LogP contribution is -2.15. The molecule has 0 radical (unpaired) electrons. The molecule has 3 heterocycles. The molecule has 7 nitrogen and oxygen atoms in total. The molecule has 1 amide bonds. The molecule has 0 bridgehead atoms. The van der Waals surface area contributed by atoms with Crippen molar-refractivity contribution >= 4 is 17.2 Å². The minimum Gasteiger partial charge on any atom is -0.326 e. The third kappa shape index (κ3) is 3.78. The van der Waals surface area contributed by atoms with E-state index < -0.39 is 0 Å². The molecule has 1 aromatic carbocycles. The summed E-state index contributed by atoms with van der Waals surface area (Å²) in [6.07, 6.45) is 8.92. The van der Waals surface area contributed by atoms with E-state index in [1.807, 2.05) is 48.5 Å². The molecule has 30 heavy (non-hydrogen) atoms. The van der Waals surface area contributed by atoms with Gasteiger partial charge in [-0.1, -0.05) is 25.0 Å². The fourth-order valence-corrected chi connectivity index (χ4v) is 4.03. The number of carbonyl (C=O) groups excluding carboxylic acids is 1. The summed E-state index contributed by atoms with van der Waals surface area (Å²) in [6, 6.07) is 15.4. The summed E-state index contributed by atoms with van der Waals surface area (Å²) in [4.78, 5) is 16.4. The van der Waals surface area contributed by atoms with Crippen LogP contribution in [0, 0.1) is 5.92 Å². The van der Waals surface area contributed by atoms with Crippen molar-refractivity contribution in [3.8, 4) is 22.6 Å². The van der Waals surface area contributed by atoms with Gasteiger partial charge in [0.05, 0.1) is 5.69 Å². The Bertz CT molecular complexity index is 1160. The zero-order valence-electron chi connectivity index (χ0n) is 16.5. The van der Waals surface area contributed by atoms with Crippen molar-refractivity contribution in [3.05, 3.63) is 60.9 Å². The molecule has 4 aromatic rings. The van der Waals surface area contributed by atoms with Crippen LogP contribution in [0.5, 0.6) is 0 Å². The van der Waals surface area contributed by atoms with Crippen molar-refractivity contribution in [1.82, 2.24) is 24.8 Å². The first-order valence-corrected chi connectivity index (χ1v) is 10.3. The van der Waals surface area contributed by atoms with Crippen LogP contribution in [-0.4, -0.2) is 30.7 Å². The second kappa shape index (κ2) is 8.02. The van der Waals surface area contributed by atoms with Gasteiger partial charge >= 0.3 is 0 Å². The molecule has 0 spiro atoms. The molecular formula is C23H22N6O. The smallest absolute Gasteiger partial charge is 0.224 e. The van der Waals surface area contributed by atoms with Crippen LogP contribution in [0.25, 0.3) is 28.3 Å². The maximum absolute atomic E-state index is 12.3. The van der Waals surface area contributed by atoms with E-state index >= 15 is 0 Å². The number of hydrogen-bond acceptors (Lipinski definition) is 5. The number of nitrogens with one attached hydrogen (secondary N) is 1. The molecule has 0 saturated heterocycles. The minimum absolute atomic E-state index is 0.0970. The molecule has 3 aromatic heterocycles. The summed E-state index contributed by atoms with van der Waals surface area (Å²) >= 11 is 0. The number of benzene rings is 1. The van der Waals surface area contributed by atoms with Gasteiger partial charge in [0.25, 0.3) is 0 Å². The molecule has 150 valence electrons. The number of pyridine rings is 1. The highest BCUT2D eigenvalue weighted by molar-refractivity contribution is 5.91. The lowest BCUT2D eigenvalue weighted by Gasteiger charge is -2.10. The van der Waals surface area contributed by atoms with Gasteiger partial charge in [0.15, 0.2) is 11.5 Å². The van der Waals surface area contributed by atoms with E-state index in [2.05, 4.69) is 20.5 Å². The number of hydrogen-bond donors (Lipinski definition) is 1. The number of rotatable bonds is 5. The van der Waals surface area contributed by atoms with Gasteiger partial charge in [0, 0.05) is 35.6 Å². The average Bonchev–Trinajstić information content (AvgIpc) is 3.44. The molecule has 7 heteroatoms. The van der Waals surface area contributed by atoms with E-state index in [-0.39, 0.29) is 5.91 Å².